The number of piperidine rings is 1. The molecule has 2 aliphatic heterocycles. The highest BCUT2D eigenvalue weighted by atomic mass is 32.2. The number of rotatable bonds is 12. The standard InChI is InChI=1S/C31H39N3O9S3/c1-32-45(38,39)29-10-5-8-27(18-29)42-22-26(35)20-33-25-19-31(43-21-25)12-14-34(15-13-31)46(40,41)30-11-4-7-24(17-30)23-6-3-9-28(16-23)44(2,36)37/h3-11,16-18,25-26,32-33,35H,12-15,19-22H2,1-2H3/t25?,26-/m0/s1. The van der Waals surface area contributed by atoms with Gasteiger partial charge in [-0.1, -0.05) is 30.3 Å². The Balaban J connectivity index is 1.12. The van der Waals surface area contributed by atoms with Gasteiger partial charge in [-0.3, -0.25) is 0 Å². The Kier molecular flexibility index (Phi) is 10.2. The number of sulfonamides is 2. The Hall–Kier alpha value is -2.89. The van der Waals surface area contributed by atoms with E-state index in [1.807, 2.05) is 0 Å². The van der Waals surface area contributed by atoms with Crippen molar-refractivity contribution in [2.24, 2.45) is 0 Å². The largest absolute Gasteiger partial charge is 0.491 e. The lowest BCUT2D eigenvalue weighted by atomic mass is 9.88. The van der Waals surface area contributed by atoms with Crippen LogP contribution in [0.15, 0.2) is 87.5 Å². The third-order valence-corrected chi connectivity index (χ3v) is 12.8. The van der Waals surface area contributed by atoms with Gasteiger partial charge < -0.3 is 19.9 Å². The molecule has 2 atom stereocenters. The van der Waals surface area contributed by atoms with Crippen LogP contribution >= 0.6 is 0 Å². The molecule has 2 fully saturated rings. The van der Waals surface area contributed by atoms with Gasteiger partial charge in [0, 0.05) is 38.0 Å². The fraction of sp³-hybridized carbons (Fsp3) is 0.419. The predicted octanol–water partition coefficient (Wildman–Crippen LogP) is 2.01. The van der Waals surface area contributed by atoms with Crippen molar-refractivity contribution < 1.29 is 39.8 Å². The molecule has 0 aromatic heterocycles. The van der Waals surface area contributed by atoms with E-state index in [0.717, 1.165) is 6.26 Å². The van der Waals surface area contributed by atoms with Gasteiger partial charge in [0.05, 0.1) is 26.9 Å². The van der Waals surface area contributed by atoms with Gasteiger partial charge in [-0.25, -0.2) is 30.0 Å². The number of nitrogens with one attached hydrogen (secondary N) is 2. The van der Waals surface area contributed by atoms with Crippen LogP contribution in [0.1, 0.15) is 19.3 Å². The average Bonchev–Trinajstić information content (AvgIpc) is 3.44. The van der Waals surface area contributed by atoms with Crippen LogP contribution in [-0.2, 0) is 34.6 Å². The smallest absolute Gasteiger partial charge is 0.243 e. The van der Waals surface area contributed by atoms with Crippen LogP contribution in [0.4, 0.5) is 0 Å². The molecule has 0 saturated carbocycles. The van der Waals surface area contributed by atoms with Gasteiger partial charge in [0.25, 0.3) is 0 Å². The van der Waals surface area contributed by atoms with E-state index in [2.05, 4.69) is 10.0 Å². The molecule has 1 spiro atoms. The molecular weight excluding hydrogens is 655 g/mol. The minimum Gasteiger partial charge on any atom is -0.491 e. The quantitative estimate of drug-likeness (QED) is 0.255. The second-order valence-corrected chi connectivity index (χ2v) is 17.5. The predicted molar refractivity (Wildman–Crippen MR) is 172 cm³/mol. The fourth-order valence-corrected chi connectivity index (χ4v) is 8.67. The van der Waals surface area contributed by atoms with Crippen LogP contribution in [0.3, 0.4) is 0 Å². The van der Waals surface area contributed by atoms with Crippen LogP contribution < -0.4 is 14.8 Å². The molecule has 2 heterocycles. The number of aliphatic hydroxyl groups excluding tert-OH is 1. The van der Waals surface area contributed by atoms with Crippen LogP contribution in [0.25, 0.3) is 11.1 Å². The highest BCUT2D eigenvalue weighted by Crippen LogP contribution is 2.38. The lowest BCUT2D eigenvalue weighted by molar-refractivity contribution is -0.0312. The van der Waals surface area contributed by atoms with E-state index in [9.17, 15) is 30.4 Å². The van der Waals surface area contributed by atoms with Crippen molar-refractivity contribution in [2.45, 2.75) is 51.7 Å². The van der Waals surface area contributed by atoms with Gasteiger partial charge in [0.1, 0.15) is 18.5 Å². The summed E-state index contributed by atoms with van der Waals surface area (Å²) in [7, 11) is -9.49. The summed E-state index contributed by atoms with van der Waals surface area (Å²) in [5.41, 5.74) is 0.760. The number of benzene rings is 3. The van der Waals surface area contributed by atoms with Gasteiger partial charge in [0.2, 0.25) is 20.0 Å². The van der Waals surface area contributed by atoms with E-state index in [-0.39, 0.29) is 33.9 Å². The molecule has 0 radical (unpaired) electrons. The molecule has 2 saturated heterocycles. The van der Waals surface area contributed by atoms with Gasteiger partial charge >= 0.3 is 0 Å². The second kappa shape index (κ2) is 13.7. The summed E-state index contributed by atoms with van der Waals surface area (Å²) in [6.45, 7) is 1.22. The first kappa shape index (κ1) is 34.4. The summed E-state index contributed by atoms with van der Waals surface area (Å²) in [5.74, 6) is 0.327. The Bertz CT molecular complexity index is 1880. The van der Waals surface area contributed by atoms with Crippen LogP contribution in [0, 0.1) is 0 Å². The van der Waals surface area contributed by atoms with Gasteiger partial charge in [0.15, 0.2) is 9.84 Å². The van der Waals surface area contributed by atoms with Crippen molar-refractivity contribution >= 4 is 29.9 Å². The zero-order valence-corrected chi connectivity index (χ0v) is 28.1. The van der Waals surface area contributed by atoms with Crippen molar-refractivity contribution in [3.05, 3.63) is 72.8 Å². The van der Waals surface area contributed by atoms with Crippen LogP contribution in [-0.4, -0.2) is 98.6 Å². The monoisotopic (exact) mass is 693 g/mol. The number of nitrogens with zero attached hydrogens (tertiary/aromatic N) is 1. The lowest BCUT2D eigenvalue weighted by Crippen LogP contribution is -2.47. The Morgan fingerprint density at radius 1 is 0.913 bits per heavy atom. The molecule has 250 valence electrons. The van der Waals surface area contributed by atoms with E-state index in [0.29, 0.717) is 55.8 Å². The Morgan fingerprint density at radius 2 is 1.52 bits per heavy atom. The molecule has 3 aromatic carbocycles. The van der Waals surface area contributed by atoms with Crippen molar-refractivity contribution in [3.63, 3.8) is 0 Å². The van der Waals surface area contributed by atoms with Gasteiger partial charge in [-0.05, 0) is 73.8 Å². The molecule has 46 heavy (non-hydrogen) atoms. The Labute approximate surface area is 270 Å². The minimum absolute atomic E-state index is 0.0266. The first-order chi connectivity index (χ1) is 21.7. The van der Waals surface area contributed by atoms with Gasteiger partial charge in [-0.15, -0.1) is 0 Å². The van der Waals surface area contributed by atoms with Crippen molar-refractivity contribution in [2.75, 3.05) is 46.2 Å². The highest BCUT2D eigenvalue weighted by Gasteiger charge is 2.44. The molecule has 5 rings (SSSR count). The normalized spacial score (nSPS) is 19.7. The third-order valence-electron chi connectivity index (χ3n) is 8.38. The molecule has 3 N–H and O–H groups in total. The fourth-order valence-electron chi connectivity index (χ4n) is 5.75. The maximum absolute atomic E-state index is 13.6. The van der Waals surface area contributed by atoms with Crippen molar-refractivity contribution in [1.29, 1.82) is 0 Å². The second-order valence-electron chi connectivity index (χ2n) is 11.7. The molecule has 1 unspecified atom stereocenters. The molecule has 3 aromatic rings. The number of hydrogen-bond acceptors (Lipinski definition) is 10. The lowest BCUT2D eigenvalue weighted by Gasteiger charge is -2.38. The number of hydrogen-bond donors (Lipinski definition) is 3. The van der Waals surface area contributed by atoms with E-state index in [1.54, 1.807) is 54.6 Å². The molecule has 0 aliphatic carbocycles. The number of ether oxygens (including phenoxy) is 2. The van der Waals surface area contributed by atoms with Crippen molar-refractivity contribution in [1.82, 2.24) is 14.3 Å². The van der Waals surface area contributed by atoms with Gasteiger partial charge in [-0.2, -0.15) is 4.31 Å². The number of sulfone groups is 1. The molecular formula is C31H39N3O9S3. The van der Waals surface area contributed by atoms with E-state index < -0.39 is 41.6 Å². The van der Waals surface area contributed by atoms with E-state index in [1.165, 1.54) is 29.6 Å². The molecule has 12 nitrogen and oxygen atoms in total. The SMILES string of the molecule is CNS(=O)(=O)c1cccc(OC[C@@H](O)CNC2COC3(CCN(S(=O)(=O)c4cccc(-c5cccc(S(C)(=O)=O)c5)c4)CC3)C2)c1. The van der Waals surface area contributed by atoms with Crippen LogP contribution in [0.2, 0.25) is 0 Å². The molecule has 0 amide bonds. The van der Waals surface area contributed by atoms with E-state index in [4.69, 9.17) is 9.47 Å². The molecule has 2 aliphatic rings. The summed E-state index contributed by atoms with van der Waals surface area (Å²) in [6.07, 6.45) is 2.01. The summed E-state index contributed by atoms with van der Waals surface area (Å²) in [6, 6.07) is 19.0. The molecule has 15 heteroatoms. The number of aliphatic hydroxyl groups is 1. The topological polar surface area (TPSA) is 168 Å². The first-order valence-corrected chi connectivity index (χ1v) is 19.6. The highest BCUT2D eigenvalue weighted by molar-refractivity contribution is 7.90. The maximum Gasteiger partial charge on any atom is 0.243 e. The summed E-state index contributed by atoms with van der Waals surface area (Å²) in [4.78, 5) is 0.375. The zero-order valence-electron chi connectivity index (χ0n) is 25.6. The average molecular weight is 694 g/mol. The minimum atomic E-state index is -3.79. The van der Waals surface area contributed by atoms with Crippen molar-refractivity contribution in [3.8, 4) is 16.9 Å². The third kappa shape index (κ3) is 7.97. The Morgan fingerprint density at radius 3 is 2.17 bits per heavy atom. The molecule has 0 bridgehead atoms. The summed E-state index contributed by atoms with van der Waals surface area (Å²) in [5, 5.41) is 13.8. The first-order valence-electron chi connectivity index (χ1n) is 14.8. The van der Waals surface area contributed by atoms with Crippen LogP contribution in [0.5, 0.6) is 5.75 Å². The zero-order chi connectivity index (χ0) is 33.2. The maximum atomic E-state index is 13.6. The van der Waals surface area contributed by atoms with E-state index >= 15 is 0 Å². The summed E-state index contributed by atoms with van der Waals surface area (Å²) < 4.78 is 90.7. The summed E-state index contributed by atoms with van der Waals surface area (Å²) >= 11 is 0.